The molecule has 4 aromatic heterocycles. The largest absolute Gasteiger partial charge is 0.399 e. The number of nitro groups is 2. The zero-order valence-electron chi connectivity index (χ0n) is 72.8. The molecule has 656 valence electrons. The Balaban J connectivity index is -0.000000125. The molecule has 0 saturated heterocycles. The van der Waals surface area contributed by atoms with E-state index in [2.05, 4.69) is 90.7 Å². The molecule has 12 N–H and O–H groups in total. The fourth-order valence-electron chi connectivity index (χ4n) is 6.66. The van der Waals surface area contributed by atoms with Gasteiger partial charge in [-0.1, -0.05) is 135 Å². The van der Waals surface area contributed by atoms with Gasteiger partial charge in [0.15, 0.2) is 0 Å². The number of hydrogen-bond acceptors (Lipinski definition) is 30. The second-order valence-corrected chi connectivity index (χ2v) is 27.8. The third-order valence-corrected chi connectivity index (χ3v) is 17.6. The Bertz CT molecular complexity index is 4660. The highest BCUT2D eigenvalue weighted by Crippen LogP contribution is 2.22. The maximum absolute atomic E-state index is 11.9. The molecule has 0 fully saturated rings. The lowest BCUT2D eigenvalue weighted by Crippen LogP contribution is -2.40. The molecule has 12 radical (unpaired) electrons. The van der Waals surface area contributed by atoms with Crippen LogP contribution in [0.1, 0.15) is 159 Å². The molecule has 48 heteroatoms. The Morgan fingerprint density at radius 3 is 0.983 bits per heavy atom. The average Bonchev–Trinajstić information content (AvgIpc) is 0.810. The number of hydrogen-bond donors (Lipinski definition) is 11. The van der Waals surface area contributed by atoms with Gasteiger partial charge in [0, 0.05) is 109 Å². The van der Waals surface area contributed by atoms with Gasteiger partial charge in [-0.05, 0) is 132 Å². The van der Waals surface area contributed by atoms with Crippen LogP contribution in [0.15, 0.2) is 141 Å². The molecule has 8 aromatic rings. The maximum Gasteiger partial charge on any atom is 0.270 e. The number of nitriles is 3. The second kappa shape index (κ2) is 74.8. The molecular formula is C72H113B4Cl3N24O13S4. The lowest BCUT2D eigenvalue weighted by molar-refractivity contribution is -0.385. The number of nitrogens with two attached hydrogens (primary N) is 1. The van der Waals surface area contributed by atoms with Crippen molar-refractivity contribution in [1.82, 2.24) is 64.1 Å². The minimum Gasteiger partial charge on any atom is -0.399 e. The smallest absolute Gasteiger partial charge is 0.270 e. The van der Waals surface area contributed by atoms with Crippen LogP contribution in [-0.4, -0.2) is 185 Å². The monoisotopic (exact) mass is 1800 g/mol. The van der Waals surface area contributed by atoms with E-state index in [0.29, 0.717) is 56.9 Å². The van der Waals surface area contributed by atoms with Crippen molar-refractivity contribution in [2.75, 3.05) is 88.7 Å². The van der Waals surface area contributed by atoms with Gasteiger partial charge in [-0.2, -0.15) is 35.7 Å². The topological polar surface area (TPSA) is 561 Å². The summed E-state index contributed by atoms with van der Waals surface area (Å²) in [5.74, 6) is 1.73. The number of rotatable bonds is 17. The molecule has 0 atom stereocenters. The Morgan fingerprint density at radius 2 is 0.692 bits per heavy atom. The van der Waals surface area contributed by atoms with Crippen molar-refractivity contribution in [3.8, 4) is 18.2 Å². The summed E-state index contributed by atoms with van der Waals surface area (Å²) in [4.78, 5) is 62.1. The van der Waals surface area contributed by atoms with Gasteiger partial charge in [0.05, 0.1) is 48.0 Å². The second-order valence-electron chi connectivity index (χ2n) is 19.3. The van der Waals surface area contributed by atoms with Gasteiger partial charge < -0.3 is 37.6 Å². The molecular weight excluding hydrogens is 1690 g/mol. The molecule has 0 spiro atoms. The normalized spacial score (nSPS) is 9.22. The number of nitrogens with zero attached hydrogens (tertiary/aromatic N) is 13. The van der Waals surface area contributed by atoms with Crippen LogP contribution in [0, 0.1) is 54.2 Å². The van der Waals surface area contributed by atoms with Gasteiger partial charge in [-0.15, -0.1) is 0 Å². The van der Waals surface area contributed by atoms with E-state index in [1.54, 1.807) is 52.5 Å². The summed E-state index contributed by atoms with van der Waals surface area (Å²) in [6, 6.07) is 27.9. The van der Waals surface area contributed by atoms with Crippen LogP contribution >= 0.6 is 34.8 Å². The van der Waals surface area contributed by atoms with E-state index < -0.39 is 49.9 Å². The SMILES string of the molecule is CC.CC.CC.CC.CC.CC.CC.CC.CNS(=O)(=O)c1cccc(N)c1.CNS(=O)(=O)c1cccc([N+](=O)[O-])c1.CNS(=O)(=O)c1cccc([N+](=O)[O-])c1.CNc1nc(Cl)ncc1C#N.CNc1nc(Cl)ncc1C#N.CNc1nc(Cl)ncc1C(=O)NC(C)(C)C.CNc1nc(Nc2cccc(S(=O)(=O)NC)c2)ncc1C#N.[B].[B].[B].[B]. The predicted molar refractivity (Wildman–Crippen MR) is 488 cm³/mol. The highest BCUT2D eigenvalue weighted by atomic mass is 35.5. The molecule has 4 aromatic carbocycles. The molecule has 0 saturated carbocycles. The number of nitrogen functional groups attached to an aromatic ring is 1. The van der Waals surface area contributed by atoms with Crippen molar-refractivity contribution in [3.05, 3.63) is 180 Å². The number of amides is 1. The molecule has 37 nitrogen and oxygen atoms in total. The summed E-state index contributed by atoms with van der Waals surface area (Å²) in [6.45, 7) is 37.7. The van der Waals surface area contributed by atoms with Crippen molar-refractivity contribution in [1.29, 1.82) is 15.8 Å². The minimum atomic E-state index is -3.61. The molecule has 4 heterocycles. The number of nitro benzene ring substituents is 2. The number of non-ortho nitro benzene ring substituents is 2. The Morgan fingerprint density at radius 1 is 0.417 bits per heavy atom. The van der Waals surface area contributed by atoms with Crippen LogP contribution in [-0.2, 0) is 40.1 Å². The summed E-state index contributed by atoms with van der Waals surface area (Å²) >= 11 is 16.6. The maximum atomic E-state index is 11.9. The Hall–Kier alpha value is -10.5. The first kappa shape index (κ1) is 133. The Labute approximate surface area is 733 Å². The van der Waals surface area contributed by atoms with Gasteiger partial charge in [0.1, 0.15) is 63.7 Å². The van der Waals surface area contributed by atoms with Crippen LogP contribution < -0.4 is 56.5 Å². The van der Waals surface area contributed by atoms with E-state index in [0.717, 1.165) is 12.1 Å². The first-order valence-corrected chi connectivity index (χ1v) is 42.6. The average molecular weight is 1800 g/mol. The zero-order valence-corrected chi connectivity index (χ0v) is 78.4. The van der Waals surface area contributed by atoms with Gasteiger partial charge in [-0.25, -0.2) is 72.5 Å². The summed E-state index contributed by atoms with van der Waals surface area (Å²) in [6.07, 6.45) is 5.54. The number of carbonyl (C=O) groups is 1. The molecule has 0 aliphatic rings. The van der Waals surface area contributed by atoms with Gasteiger partial charge >= 0.3 is 0 Å². The first-order chi connectivity index (χ1) is 54.9. The van der Waals surface area contributed by atoms with Crippen LogP contribution in [0.3, 0.4) is 0 Å². The molecule has 1 amide bonds. The van der Waals surface area contributed by atoms with Crippen molar-refractivity contribution in [2.24, 2.45) is 0 Å². The lowest BCUT2D eigenvalue weighted by atomic mass is 10.1. The molecule has 120 heavy (non-hydrogen) atoms. The number of benzene rings is 4. The van der Waals surface area contributed by atoms with E-state index in [9.17, 15) is 58.7 Å². The van der Waals surface area contributed by atoms with Gasteiger partial charge in [0.2, 0.25) is 61.9 Å². The molecule has 8 rings (SSSR count). The summed E-state index contributed by atoms with van der Waals surface area (Å²) in [5, 5.41) is 63.9. The number of carbonyl (C=O) groups excluding carboxylic acids is 1. The molecule has 0 aliphatic carbocycles. The van der Waals surface area contributed by atoms with Gasteiger partial charge in [0.25, 0.3) is 17.3 Å². The van der Waals surface area contributed by atoms with Crippen LogP contribution in [0.5, 0.6) is 0 Å². The summed E-state index contributed by atoms with van der Waals surface area (Å²) in [7, 11) is -2.25. The standard InChI is InChI=1S/C13H14N6O2S.C10H15ClN4O.2C7H8N2O4S.C7H10N2O2S.2C6H5ClN4.8C2H6.4B/c1-15-12-9(7-14)8-17-13(19-12)18-10-4-3-5-11(6-10)22(20,21)16-2;1-10(2,3)15-8(16)6-5-13-9(11)14-7(6)12-4;2*1-8-14(12,13)7-4-2-3-6(5-7)9(10)11;1-9-12(10,11)7-4-2-3-6(8)5-7;2*1-9-5-4(2-8)3-10-6(7)11-5;8*1-2;;;;/h3-6,8,16H,1-2H3,(H2,15,17,18,19);5H,1-4H3,(H,15,16)(H,12,13,14);2*2-5,8H,1H3;2-5,9H,8H2,1H3;2*3H,1H3,(H,9,10,11);8*1-2H3;;;;. The van der Waals surface area contributed by atoms with Crippen molar-refractivity contribution < 1.29 is 48.3 Å². The quantitative estimate of drug-likeness (QED) is 0.0133. The van der Waals surface area contributed by atoms with E-state index >= 15 is 0 Å². The summed E-state index contributed by atoms with van der Waals surface area (Å²) < 4.78 is 99.5. The molecule has 0 aliphatic heterocycles. The number of sulfonamides is 4. The number of nitrogens with one attached hydrogen (secondary N) is 10. The van der Waals surface area contributed by atoms with E-state index in [4.69, 9.17) is 56.3 Å². The number of aromatic nitrogens is 8. The van der Waals surface area contributed by atoms with E-state index in [-0.39, 0.29) is 97.9 Å². The summed E-state index contributed by atoms with van der Waals surface area (Å²) in [5.41, 5.74) is 7.04. The van der Waals surface area contributed by atoms with Gasteiger partial charge in [-0.3, -0.25) is 25.0 Å². The Kier molecular flexibility index (Phi) is 82.8. The number of anilines is 7. The van der Waals surface area contributed by atoms with Crippen LogP contribution in [0.4, 0.5) is 52.0 Å². The van der Waals surface area contributed by atoms with E-state index in [1.807, 2.05) is 150 Å². The first-order valence-electron chi connectivity index (χ1n) is 35.5. The number of halogens is 3. The third-order valence-electron chi connectivity index (χ3n) is 11.4. The van der Waals surface area contributed by atoms with Crippen molar-refractivity contribution >= 4 is 166 Å². The van der Waals surface area contributed by atoms with Crippen LogP contribution in [0.25, 0.3) is 0 Å². The lowest BCUT2D eigenvalue weighted by Gasteiger charge is -2.21. The fourth-order valence-corrected chi connectivity index (χ4v) is 10.2. The zero-order chi connectivity index (χ0) is 91.8. The highest BCUT2D eigenvalue weighted by molar-refractivity contribution is 7.90. The van der Waals surface area contributed by atoms with Crippen LogP contribution in [0.2, 0.25) is 15.9 Å². The van der Waals surface area contributed by atoms with E-state index in [1.165, 1.54) is 114 Å². The third kappa shape index (κ3) is 52.4. The highest BCUT2D eigenvalue weighted by Gasteiger charge is 2.21. The predicted octanol–water partition coefficient (Wildman–Crippen LogP) is 12.7. The molecule has 0 bridgehead atoms. The fraction of sp³-hybridized carbons (Fsp3) is 0.389. The minimum absolute atomic E-state index is 0. The van der Waals surface area contributed by atoms with Crippen molar-refractivity contribution in [3.63, 3.8) is 0 Å². The van der Waals surface area contributed by atoms with Crippen molar-refractivity contribution in [2.45, 2.75) is 157 Å². The molecule has 0 unspecified atom stereocenters.